The second kappa shape index (κ2) is 5.10. The molecule has 2 rings (SSSR count). The van der Waals surface area contributed by atoms with Gasteiger partial charge >= 0.3 is 0 Å². The van der Waals surface area contributed by atoms with Gasteiger partial charge in [0.15, 0.2) is 0 Å². The second-order valence-corrected chi connectivity index (χ2v) is 6.26. The van der Waals surface area contributed by atoms with Gasteiger partial charge in [-0.25, -0.2) is 4.68 Å². The molecule has 0 fully saturated rings. The fraction of sp³-hybridized carbons (Fsp3) is 0.462. The Morgan fingerprint density at radius 3 is 2.44 bits per heavy atom. The van der Waals surface area contributed by atoms with Crippen LogP contribution in [0.3, 0.4) is 0 Å². The minimum Gasteiger partial charge on any atom is -0.215 e. The van der Waals surface area contributed by atoms with Crippen molar-refractivity contribution in [1.82, 2.24) is 20.2 Å². The second-order valence-electron chi connectivity index (χ2n) is 5.32. The van der Waals surface area contributed by atoms with E-state index in [1.807, 2.05) is 4.68 Å². The number of aromatic nitrogens is 4. The van der Waals surface area contributed by atoms with Crippen LogP contribution in [0, 0.1) is 6.92 Å². The average Bonchev–Trinajstić information content (AvgIpc) is 2.76. The monoisotopic (exact) mass is 262 g/mol. The van der Waals surface area contributed by atoms with E-state index in [4.69, 9.17) is 0 Å². The molecule has 1 aromatic carbocycles. The molecule has 0 atom stereocenters. The van der Waals surface area contributed by atoms with Crippen LogP contribution in [0.25, 0.3) is 0 Å². The van der Waals surface area contributed by atoms with Gasteiger partial charge in [-0.2, -0.15) is 0 Å². The lowest BCUT2D eigenvalue weighted by Gasteiger charge is -2.19. The van der Waals surface area contributed by atoms with Crippen molar-refractivity contribution < 1.29 is 0 Å². The Morgan fingerprint density at radius 1 is 1.17 bits per heavy atom. The van der Waals surface area contributed by atoms with Gasteiger partial charge in [0.05, 0.1) is 5.54 Å². The third-order valence-electron chi connectivity index (χ3n) is 2.56. The average molecular weight is 262 g/mol. The molecule has 4 nitrogen and oxygen atoms in total. The zero-order valence-electron chi connectivity index (χ0n) is 11.2. The van der Waals surface area contributed by atoms with Gasteiger partial charge in [-0.05, 0) is 43.7 Å². The highest BCUT2D eigenvalue weighted by atomic mass is 32.2. The minimum atomic E-state index is -0.0842. The molecule has 0 aliphatic heterocycles. The number of rotatable bonds is 3. The van der Waals surface area contributed by atoms with Crippen LogP contribution < -0.4 is 0 Å². The molecule has 0 aliphatic rings. The van der Waals surface area contributed by atoms with Gasteiger partial charge in [0.25, 0.3) is 0 Å². The summed E-state index contributed by atoms with van der Waals surface area (Å²) in [5, 5.41) is 12.7. The Balaban J connectivity index is 2.07. The van der Waals surface area contributed by atoms with Crippen molar-refractivity contribution in [1.29, 1.82) is 0 Å². The van der Waals surface area contributed by atoms with Crippen LogP contribution >= 0.6 is 11.8 Å². The predicted molar refractivity (Wildman–Crippen MR) is 73.6 cm³/mol. The van der Waals surface area contributed by atoms with Crippen LogP contribution in [0.15, 0.2) is 29.4 Å². The number of hydrogen-bond acceptors (Lipinski definition) is 4. The number of nitrogens with zero attached hydrogens (tertiary/aromatic N) is 4. The van der Waals surface area contributed by atoms with E-state index in [0.717, 1.165) is 10.9 Å². The van der Waals surface area contributed by atoms with Crippen molar-refractivity contribution in [3.05, 3.63) is 35.4 Å². The SMILES string of the molecule is Cc1ccc(CSc2nnnn2C(C)(C)C)cc1. The van der Waals surface area contributed by atoms with Gasteiger partial charge in [0, 0.05) is 5.75 Å². The number of tetrazole rings is 1. The highest BCUT2D eigenvalue weighted by Gasteiger charge is 2.19. The largest absolute Gasteiger partial charge is 0.215 e. The summed E-state index contributed by atoms with van der Waals surface area (Å²) in [6.07, 6.45) is 0. The van der Waals surface area contributed by atoms with Crippen molar-refractivity contribution in [2.24, 2.45) is 0 Å². The van der Waals surface area contributed by atoms with Gasteiger partial charge < -0.3 is 0 Å². The van der Waals surface area contributed by atoms with E-state index in [2.05, 4.69) is 67.5 Å². The van der Waals surface area contributed by atoms with Crippen LogP contribution in [0.2, 0.25) is 0 Å². The Labute approximate surface area is 112 Å². The van der Waals surface area contributed by atoms with Crippen LogP contribution in [0.4, 0.5) is 0 Å². The van der Waals surface area contributed by atoms with Gasteiger partial charge in [0.1, 0.15) is 0 Å². The van der Waals surface area contributed by atoms with E-state index in [1.54, 1.807) is 11.8 Å². The van der Waals surface area contributed by atoms with E-state index in [9.17, 15) is 0 Å². The quantitative estimate of drug-likeness (QED) is 0.797. The predicted octanol–water partition coefficient (Wildman–Crippen LogP) is 3.03. The van der Waals surface area contributed by atoms with E-state index < -0.39 is 0 Å². The lowest BCUT2D eigenvalue weighted by molar-refractivity contribution is 0.321. The summed E-state index contributed by atoms with van der Waals surface area (Å²) in [6.45, 7) is 8.38. The van der Waals surface area contributed by atoms with E-state index in [-0.39, 0.29) is 5.54 Å². The molecule has 96 valence electrons. The normalized spacial score (nSPS) is 11.8. The molecule has 1 heterocycles. The first kappa shape index (κ1) is 13.1. The topological polar surface area (TPSA) is 43.6 Å². The Morgan fingerprint density at radius 2 is 1.83 bits per heavy atom. The van der Waals surface area contributed by atoms with E-state index >= 15 is 0 Å². The first-order valence-electron chi connectivity index (χ1n) is 5.94. The summed E-state index contributed by atoms with van der Waals surface area (Å²) in [6, 6.07) is 8.55. The fourth-order valence-corrected chi connectivity index (χ4v) is 2.54. The molecule has 1 aromatic heterocycles. The van der Waals surface area contributed by atoms with Crippen LogP contribution in [0.5, 0.6) is 0 Å². The minimum absolute atomic E-state index is 0.0842. The summed E-state index contributed by atoms with van der Waals surface area (Å²) in [4.78, 5) is 0. The van der Waals surface area contributed by atoms with Crippen molar-refractivity contribution in [2.45, 2.75) is 44.1 Å². The fourth-order valence-electron chi connectivity index (χ4n) is 1.52. The Bertz CT molecular complexity index is 511. The molecule has 0 unspecified atom stereocenters. The van der Waals surface area contributed by atoms with Crippen molar-refractivity contribution in [3.63, 3.8) is 0 Å². The molecular weight excluding hydrogens is 244 g/mol. The number of thioether (sulfide) groups is 1. The van der Waals surface area contributed by atoms with Gasteiger partial charge in [-0.1, -0.05) is 41.6 Å². The van der Waals surface area contributed by atoms with E-state index in [0.29, 0.717) is 0 Å². The molecule has 18 heavy (non-hydrogen) atoms. The molecular formula is C13H18N4S. The van der Waals surface area contributed by atoms with Crippen LogP contribution in [-0.4, -0.2) is 20.2 Å². The maximum atomic E-state index is 4.08. The lowest BCUT2D eigenvalue weighted by Crippen LogP contribution is -2.24. The molecule has 0 amide bonds. The summed E-state index contributed by atoms with van der Waals surface area (Å²) in [5.41, 5.74) is 2.48. The van der Waals surface area contributed by atoms with E-state index in [1.165, 1.54) is 11.1 Å². The summed E-state index contributed by atoms with van der Waals surface area (Å²) in [7, 11) is 0. The summed E-state index contributed by atoms with van der Waals surface area (Å²) < 4.78 is 1.87. The van der Waals surface area contributed by atoms with Crippen molar-refractivity contribution >= 4 is 11.8 Å². The van der Waals surface area contributed by atoms with Crippen LogP contribution in [-0.2, 0) is 11.3 Å². The lowest BCUT2D eigenvalue weighted by atomic mass is 10.1. The maximum Gasteiger partial charge on any atom is 0.210 e. The molecule has 0 aliphatic carbocycles. The first-order chi connectivity index (χ1) is 8.47. The van der Waals surface area contributed by atoms with Gasteiger partial charge in [-0.3, -0.25) is 0 Å². The standard InChI is InChI=1S/C13H18N4S/c1-10-5-7-11(8-6-10)9-18-12-14-15-16-17(12)13(2,3)4/h5-8H,9H2,1-4H3. The zero-order valence-corrected chi connectivity index (χ0v) is 12.0. The molecule has 5 heteroatoms. The number of benzene rings is 1. The van der Waals surface area contributed by atoms with Gasteiger partial charge in [-0.15, -0.1) is 5.10 Å². The van der Waals surface area contributed by atoms with Crippen molar-refractivity contribution in [3.8, 4) is 0 Å². The zero-order chi connectivity index (χ0) is 13.2. The van der Waals surface area contributed by atoms with Crippen LogP contribution in [0.1, 0.15) is 31.9 Å². The summed E-state index contributed by atoms with van der Waals surface area (Å²) >= 11 is 1.67. The molecule has 0 bridgehead atoms. The smallest absolute Gasteiger partial charge is 0.210 e. The Kier molecular flexibility index (Phi) is 3.71. The highest BCUT2D eigenvalue weighted by Crippen LogP contribution is 2.24. The Hall–Kier alpha value is -1.36. The molecule has 2 aromatic rings. The molecule has 0 saturated carbocycles. The first-order valence-corrected chi connectivity index (χ1v) is 6.92. The van der Waals surface area contributed by atoms with Crippen molar-refractivity contribution in [2.75, 3.05) is 0 Å². The van der Waals surface area contributed by atoms with Gasteiger partial charge in [0.2, 0.25) is 5.16 Å². The molecule has 0 N–H and O–H groups in total. The highest BCUT2D eigenvalue weighted by molar-refractivity contribution is 7.98. The maximum absolute atomic E-state index is 4.08. The number of hydrogen-bond donors (Lipinski definition) is 0. The number of aryl methyl sites for hydroxylation is 1. The summed E-state index contributed by atoms with van der Waals surface area (Å²) in [5.74, 6) is 0.886. The molecule has 0 saturated heterocycles. The molecule has 0 radical (unpaired) electrons. The third kappa shape index (κ3) is 3.10. The third-order valence-corrected chi connectivity index (χ3v) is 3.56. The molecule has 0 spiro atoms.